The lowest BCUT2D eigenvalue weighted by Crippen LogP contribution is -2.16. The number of hydrogen-bond acceptors (Lipinski definition) is 6. The molecule has 0 bridgehead atoms. The monoisotopic (exact) mass is 356 g/mol. The fraction of sp³-hybridized carbons (Fsp3) is 0.526. The van der Waals surface area contributed by atoms with Crippen molar-refractivity contribution in [2.75, 3.05) is 11.9 Å². The molecule has 0 aromatic carbocycles. The third kappa shape index (κ3) is 2.98. The topological polar surface area (TPSA) is 70.9 Å². The number of fused-ring (bicyclic) bond motifs is 5. The number of thiophene rings is 1. The standard InChI is InChI=1S/C19H24N4OS/c1-3-4-8-14-12-6-5-7-13(12)15-16-17(25-19(15)23-14)18(22-10-21-16)20-9-11(2)24/h10-11,24H,3-9H2,1-2H3,(H,20,21,22). The van der Waals surface area contributed by atoms with E-state index in [-0.39, 0.29) is 0 Å². The molecule has 3 aromatic rings. The Morgan fingerprint density at radius 1 is 1.28 bits per heavy atom. The summed E-state index contributed by atoms with van der Waals surface area (Å²) in [5.41, 5.74) is 5.23. The Morgan fingerprint density at radius 2 is 2.12 bits per heavy atom. The highest BCUT2D eigenvalue weighted by molar-refractivity contribution is 7.26. The first-order chi connectivity index (χ1) is 12.2. The molecule has 0 fully saturated rings. The predicted octanol–water partition coefficient (Wildman–Crippen LogP) is 3.86. The second-order valence-corrected chi connectivity index (χ2v) is 7.88. The van der Waals surface area contributed by atoms with Crippen molar-refractivity contribution in [2.45, 2.75) is 58.5 Å². The van der Waals surface area contributed by atoms with Gasteiger partial charge < -0.3 is 10.4 Å². The average molecular weight is 356 g/mol. The van der Waals surface area contributed by atoms with E-state index in [1.54, 1.807) is 24.6 Å². The summed E-state index contributed by atoms with van der Waals surface area (Å²) in [6, 6.07) is 0. The molecular weight excluding hydrogens is 332 g/mol. The molecule has 0 spiro atoms. The maximum absolute atomic E-state index is 9.56. The molecule has 4 rings (SSSR count). The lowest BCUT2D eigenvalue weighted by atomic mass is 10.0. The molecule has 25 heavy (non-hydrogen) atoms. The van der Waals surface area contributed by atoms with Gasteiger partial charge in [0.1, 0.15) is 17.0 Å². The normalized spacial score (nSPS) is 15.0. The molecule has 0 saturated carbocycles. The number of aliphatic hydroxyl groups excluding tert-OH is 1. The van der Waals surface area contributed by atoms with E-state index in [1.165, 1.54) is 41.5 Å². The van der Waals surface area contributed by atoms with Gasteiger partial charge in [0, 0.05) is 17.6 Å². The summed E-state index contributed by atoms with van der Waals surface area (Å²) in [6.07, 6.45) is 8.14. The van der Waals surface area contributed by atoms with E-state index in [0.29, 0.717) is 6.54 Å². The van der Waals surface area contributed by atoms with Crippen LogP contribution in [0.4, 0.5) is 5.82 Å². The summed E-state index contributed by atoms with van der Waals surface area (Å²) in [6.45, 7) is 4.48. The predicted molar refractivity (Wildman–Crippen MR) is 104 cm³/mol. The smallest absolute Gasteiger partial charge is 0.147 e. The van der Waals surface area contributed by atoms with Gasteiger partial charge in [0.05, 0.1) is 16.3 Å². The molecule has 1 atom stereocenters. The second kappa shape index (κ2) is 6.84. The van der Waals surface area contributed by atoms with Gasteiger partial charge in [0.2, 0.25) is 0 Å². The Labute approximate surface area is 151 Å². The van der Waals surface area contributed by atoms with Crippen molar-refractivity contribution in [1.82, 2.24) is 15.0 Å². The van der Waals surface area contributed by atoms with E-state index >= 15 is 0 Å². The van der Waals surface area contributed by atoms with Crippen LogP contribution >= 0.6 is 11.3 Å². The van der Waals surface area contributed by atoms with Crippen molar-refractivity contribution in [3.63, 3.8) is 0 Å². The van der Waals surface area contributed by atoms with E-state index in [9.17, 15) is 5.11 Å². The molecular formula is C19H24N4OS. The number of nitrogens with zero attached hydrogens (tertiary/aromatic N) is 3. The van der Waals surface area contributed by atoms with E-state index in [1.807, 2.05) is 0 Å². The Morgan fingerprint density at radius 3 is 2.92 bits per heavy atom. The molecule has 1 aliphatic carbocycles. The third-order valence-electron chi connectivity index (χ3n) is 4.89. The second-order valence-electron chi connectivity index (χ2n) is 6.88. The van der Waals surface area contributed by atoms with Gasteiger partial charge in [-0.1, -0.05) is 13.3 Å². The van der Waals surface area contributed by atoms with Crippen molar-refractivity contribution < 1.29 is 5.11 Å². The van der Waals surface area contributed by atoms with Gasteiger partial charge in [0.25, 0.3) is 0 Å². The molecule has 3 aromatic heterocycles. The summed E-state index contributed by atoms with van der Waals surface area (Å²) >= 11 is 1.67. The fourth-order valence-electron chi connectivity index (χ4n) is 3.70. The zero-order valence-electron chi connectivity index (χ0n) is 14.8. The molecule has 3 heterocycles. The van der Waals surface area contributed by atoms with Crippen LogP contribution in [-0.2, 0) is 19.3 Å². The van der Waals surface area contributed by atoms with Gasteiger partial charge in [-0.05, 0) is 50.2 Å². The van der Waals surface area contributed by atoms with Gasteiger partial charge >= 0.3 is 0 Å². The minimum atomic E-state index is -0.414. The van der Waals surface area contributed by atoms with Gasteiger partial charge in [0.15, 0.2) is 0 Å². The lowest BCUT2D eigenvalue weighted by molar-refractivity contribution is 0.208. The third-order valence-corrected chi connectivity index (χ3v) is 5.97. The molecule has 1 unspecified atom stereocenters. The van der Waals surface area contributed by atoms with Crippen LogP contribution in [0.2, 0.25) is 0 Å². The number of unbranched alkanes of at least 4 members (excludes halogenated alkanes) is 1. The molecule has 0 radical (unpaired) electrons. The van der Waals surface area contributed by atoms with Crippen LogP contribution in [-0.4, -0.2) is 32.7 Å². The molecule has 2 N–H and O–H groups in total. The summed E-state index contributed by atoms with van der Waals surface area (Å²) in [4.78, 5) is 15.1. The van der Waals surface area contributed by atoms with E-state index < -0.39 is 6.10 Å². The molecule has 6 heteroatoms. The highest BCUT2D eigenvalue weighted by Gasteiger charge is 2.24. The zero-order valence-corrected chi connectivity index (χ0v) is 15.6. The van der Waals surface area contributed by atoms with Gasteiger partial charge in [-0.25, -0.2) is 15.0 Å². The van der Waals surface area contributed by atoms with Gasteiger partial charge in [-0.3, -0.25) is 0 Å². The zero-order chi connectivity index (χ0) is 17.4. The van der Waals surface area contributed by atoms with Gasteiger partial charge in [-0.15, -0.1) is 11.3 Å². The van der Waals surface area contributed by atoms with E-state index in [4.69, 9.17) is 4.98 Å². The molecule has 1 aliphatic rings. The van der Waals surface area contributed by atoms with Crippen LogP contribution in [0.5, 0.6) is 0 Å². The highest BCUT2D eigenvalue weighted by atomic mass is 32.1. The van der Waals surface area contributed by atoms with Crippen LogP contribution in [0.15, 0.2) is 6.33 Å². The van der Waals surface area contributed by atoms with E-state index in [0.717, 1.165) is 40.1 Å². The Hall–Kier alpha value is -1.79. The number of rotatable bonds is 6. The summed E-state index contributed by atoms with van der Waals surface area (Å²) in [5, 5.41) is 14.0. The quantitative estimate of drug-likeness (QED) is 0.702. The summed E-state index contributed by atoms with van der Waals surface area (Å²) in [7, 11) is 0. The fourth-order valence-corrected chi connectivity index (χ4v) is 4.84. The van der Waals surface area contributed by atoms with Crippen molar-refractivity contribution >= 4 is 37.6 Å². The van der Waals surface area contributed by atoms with Crippen molar-refractivity contribution in [1.29, 1.82) is 0 Å². The van der Waals surface area contributed by atoms with Gasteiger partial charge in [-0.2, -0.15) is 0 Å². The first-order valence-corrected chi connectivity index (χ1v) is 10.0. The maximum Gasteiger partial charge on any atom is 0.147 e. The first kappa shape index (κ1) is 16.7. The molecule has 132 valence electrons. The number of aromatic nitrogens is 3. The number of anilines is 1. The lowest BCUT2D eigenvalue weighted by Gasteiger charge is -2.09. The van der Waals surface area contributed by atoms with Crippen LogP contribution in [0.3, 0.4) is 0 Å². The number of pyridine rings is 1. The van der Waals surface area contributed by atoms with Crippen molar-refractivity contribution in [3.05, 3.63) is 23.1 Å². The minimum absolute atomic E-state index is 0.414. The van der Waals surface area contributed by atoms with Crippen LogP contribution in [0.1, 0.15) is 49.9 Å². The summed E-state index contributed by atoms with van der Waals surface area (Å²) < 4.78 is 1.05. The minimum Gasteiger partial charge on any atom is -0.392 e. The van der Waals surface area contributed by atoms with E-state index in [2.05, 4.69) is 22.2 Å². The average Bonchev–Trinajstić information content (AvgIpc) is 3.21. The summed E-state index contributed by atoms with van der Waals surface area (Å²) in [5.74, 6) is 0.802. The number of aryl methyl sites for hydroxylation is 2. The first-order valence-electron chi connectivity index (χ1n) is 9.18. The number of nitrogens with one attached hydrogen (secondary N) is 1. The number of hydrogen-bond donors (Lipinski definition) is 2. The largest absolute Gasteiger partial charge is 0.392 e. The van der Waals surface area contributed by atoms with Crippen molar-refractivity contribution in [2.24, 2.45) is 0 Å². The molecule has 0 amide bonds. The Kier molecular flexibility index (Phi) is 4.56. The van der Waals surface area contributed by atoms with Crippen molar-refractivity contribution in [3.8, 4) is 0 Å². The van der Waals surface area contributed by atoms with Crippen LogP contribution in [0.25, 0.3) is 20.4 Å². The maximum atomic E-state index is 9.56. The molecule has 0 saturated heterocycles. The Balaban J connectivity index is 1.88. The SMILES string of the molecule is CCCCc1nc2sc3c(NCC(C)O)ncnc3c2c2c1CCC2. The van der Waals surface area contributed by atoms with Crippen LogP contribution in [0, 0.1) is 0 Å². The number of aliphatic hydroxyl groups is 1. The Bertz CT molecular complexity index is 919. The highest BCUT2D eigenvalue weighted by Crippen LogP contribution is 2.41. The molecule has 5 nitrogen and oxygen atoms in total. The van der Waals surface area contributed by atoms with Crippen LogP contribution < -0.4 is 5.32 Å². The molecule has 0 aliphatic heterocycles.